The van der Waals surface area contributed by atoms with E-state index < -0.39 is 5.97 Å². The highest BCUT2D eigenvalue weighted by Crippen LogP contribution is 2.19. The van der Waals surface area contributed by atoms with E-state index in [0.29, 0.717) is 5.75 Å². The van der Waals surface area contributed by atoms with Crippen molar-refractivity contribution in [1.82, 2.24) is 0 Å². The van der Waals surface area contributed by atoms with E-state index in [2.05, 4.69) is 0 Å². The SMILES string of the molecule is CCc1ccccc1OCC(=O)Oc1ccccc1C. The molecule has 0 heterocycles. The molecule has 0 aliphatic rings. The predicted molar refractivity (Wildman–Crippen MR) is 78.1 cm³/mol. The highest BCUT2D eigenvalue weighted by atomic mass is 16.6. The number of para-hydroxylation sites is 2. The number of hydrogen-bond donors (Lipinski definition) is 0. The topological polar surface area (TPSA) is 35.5 Å². The summed E-state index contributed by atoms with van der Waals surface area (Å²) in [6.07, 6.45) is 0.864. The van der Waals surface area contributed by atoms with Crippen LogP contribution in [-0.2, 0) is 11.2 Å². The van der Waals surface area contributed by atoms with Crippen LogP contribution >= 0.6 is 0 Å². The number of rotatable bonds is 5. The largest absolute Gasteiger partial charge is 0.482 e. The molecular formula is C17H18O3. The predicted octanol–water partition coefficient (Wildman–Crippen LogP) is 3.54. The van der Waals surface area contributed by atoms with Gasteiger partial charge in [-0.05, 0) is 36.6 Å². The van der Waals surface area contributed by atoms with Crippen LogP contribution in [0.25, 0.3) is 0 Å². The Labute approximate surface area is 119 Å². The van der Waals surface area contributed by atoms with E-state index in [9.17, 15) is 4.79 Å². The van der Waals surface area contributed by atoms with Crippen molar-refractivity contribution in [3.63, 3.8) is 0 Å². The maximum Gasteiger partial charge on any atom is 0.349 e. The molecule has 3 nitrogen and oxygen atoms in total. The van der Waals surface area contributed by atoms with Gasteiger partial charge in [0.1, 0.15) is 11.5 Å². The van der Waals surface area contributed by atoms with E-state index in [4.69, 9.17) is 9.47 Å². The van der Waals surface area contributed by atoms with E-state index in [-0.39, 0.29) is 6.61 Å². The molecule has 2 aromatic rings. The summed E-state index contributed by atoms with van der Waals surface area (Å²) in [6, 6.07) is 15.1. The molecule has 2 aromatic carbocycles. The van der Waals surface area contributed by atoms with Gasteiger partial charge in [0.05, 0.1) is 0 Å². The van der Waals surface area contributed by atoms with Crippen molar-refractivity contribution in [3.05, 3.63) is 59.7 Å². The quantitative estimate of drug-likeness (QED) is 0.615. The highest BCUT2D eigenvalue weighted by molar-refractivity contribution is 5.74. The lowest BCUT2D eigenvalue weighted by Crippen LogP contribution is -2.18. The summed E-state index contributed by atoms with van der Waals surface area (Å²) in [6.45, 7) is 3.86. The monoisotopic (exact) mass is 270 g/mol. The van der Waals surface area contributed by atoms with E-state index in [1.54, 1.807) is 6.07 Å². The van der Waals surface area contributed by atoms with E-state index >= 15 is 0 Å². The number of carbonyl (C=O) groups excluding carboxylic acids is 1. The molecule has 0 fully saturated rings. The molecule has 0 atom stereocenters. The zero-order valence-electron chi connectivity index (χ0n) is 11.8. The maximum atomic E-state index is 11.8. The van der Waals surface area contributed by atoms with Gasteiger partial charge in [-0.2, -0.15) is 0 Å². The Morgan fingerprint density at radius 2 is 1.65 bits per heavy atom. The van der Waals surface area contributed by atoms with Gasteiger partial charge in [0.25, 0.3) is 0 Å². The second-order valence-electron chi connectivity index (χ2n) is 4.49. The van der Waals surface area contributed by atoms with Gasteiger partial charge in [-0.3, -0.25) is 0 Å². The van der Waals surface area contributed by atoms with Crippen LogP contribution < -0.4 is 9.47 Å². The zero-order valence-corrected chi connectivity index (χ0v) is 11.8. The Morgan fingerprint density at radius 3 is 2.35 bits per heavy atom. The lowest BCUT2D eigenvalue weighted by Gasteiger charge is -2.10. The third-order valence-electron chi connectivity index (χ3n) is 3.02. The molecule has 2 rings (SSSR count). The maximum absolute atomic E-state index is 11.8. The zero-order chi connectivity index (χ0) is 14.4. The van der Waals surface area contributed by atoms with Crippen LogP contribution in [0.2, 0.25) is 0 Å². The first-order valence-electron chi connectivity index (χ1n) is 6.67. The van der Waals surface area contributed by atoms with Crippen molar-refractivity contribution in [3.8, 4) is 11.5 Å². The van der Waals surface area contributed by atoms with Crippen LogP contribution in [0.3, 0.4) is 0 Å². The molecule has 0 amide bonds. The molecule has 0 unspecified atom stereocenters. The Hall–Kier alpha value is -2.29. The third-order valence-corrected chi connectivity index (χ3v) is 3.02. The Bertz CT molecular complexity index is 590. The number of ether oxygens (including phenoxy) is 2. The molecular weight excluding hydrogens is 252 g/mol. The van der Waals surface area contributed by atoms with Crippen molar-refractivity contribution in [2.24, 2.45) is 0 Å². The first-order valence-corrected chi connectivity index (χ1v) is 6.67. The number of esters is 1. The van der Waals surface area contributed by atoms with Crippen molar-refractivity contribution >= 4 is 5.97 Å². The molecule has 0 spiro atoms. The first-order chi connectivity index (χ1) is 9.70. The van der Waals surface area contributed by atoms with Crippen molar-refractivity contribution in [1.29, 1.82) is 0 Å². The molecule has 0 aliphatic heterocycles. The third kappa shape index (κ3) is 3.60. The number of benzene rings is 2. The summed E-state index contributed by atoms with van der Waals surface area (Å²) in [4.78, 5) is 11.8. The van der Waals surface area contributed by atoms with Gasteiger partial charge >= 0.3 is 5.97 Å². The minimum Gasteiger partial charge on any atom is -0.482 e. The molecule has 0 N–H and O–H groups in total. The van der Waals surface area contributed by atoms with Crippen molar-refractivity contribution < 1.29 is 14.3 Å². The Kier molecular flexibility index (Phi) is 4.77. The minimum atomic E-state index is -0.398. The van der Waals surface area contributed by atoms with Gasteiger partial charge in [-0.25, -0.2) is 4.79 Å². The number of hydrogen-bond acceptors (Lipinski definition) is 3. The fraction of sp³-hybridized carbons (Fsp3) is 0.235. The van der Waals surface area contributed by atoms with Gasteiger partial charge in [0.15, 0.2) is 6.61 Å². The van der Waals surface area contributed by atoms with Crippen molar-refractivity contribution in [2.75, 3.05) is 6.61 Å². The summed E-state index contributed by atoms with van der Waals surface area (Å²) in [5.74, 6) is 0.909. The molecule has 0 saturated carbocycles. The average Bonchev–Trinajstić information content (AvgIpc) is 2.48. The molecule has 0 saturated heterocycles. The highest BCUT2D eigenvalue weighted by Gasteiger charge is 2.09. The normalized spacial score (nSPS) is 10.1. The van der Waals surface area contributed by atoms with E-state index in [1.807, 2.05) is 56.3 Å². The van der Waals surface area contributed by atoms with E-state index in [0.717, 1.165) is 23.3 Å². The van der Waals surface area contributed by atoms with E-state index in [1.165, 1.54) is 0 Å². The lowest BCUT2D eigenvalue weighted by molar-refractivity contribution is -0.136. The number of carbonyl (C=O) groups is 1. The first kappa shape index (κ1) is 14.1. The second kappa shape index (κ2) is 6.75. The van der Waals surface area contributed by atoms with Crippen LogP contribution in [0.4, 0.5) is 0 Å². The van der Waals surface area contributed by atoms with Gasteiger partial charge in [0.2, 0.25) is 0 Å². The molecule has 0 bridgehead atoms. The standard InChI is InChI=1S/C17H18O3/c1-3-14-9-5-7-11-16(14)19-12-17(18)20-15-10-6-4-8-13(15)2/h4-11H,3,12H2,1-2H3. The smallest absolute Gasteiger partial charge is 0.349 e. The minimum absolute atomic E-state index is 0.0919. The van der Waals surface area contributed by atoms with Crippen LogP contribution in [0.1, 0.15) is 18.1 Å². The molecule has 3 heteroatoms. The lowest BCUT2D eigenvalue weighted by atomic mass is 10.1. The van der Waals surface area contributed by atoms with Gasteiger partial charge in [-0.1, -0.05) is 43.3 Å². The summed E-state index contributed by atoms with van der Waals surface area (Å²) < 4.78 is 10.8. The van der Waals surface area contributed by atoms with Crippen LogP contribution in [-0.4, -0.2) is 12.6 Å². The molecule has 20 heavy (non-hydrogen) atoms. The Morgan fingerprint density at radius 1 is 1.00 bits per heavy atom. The second-order valence-corrected chi connectivity index (χ2v) is 4.49. The Balaban J connectivity index is 1.94. The van der Waals surface area contributed by atoms with Gasteiger partial charge in [-0.15, -0.1) is 0 Å². The number of aryl methyl sites for hydroxylation is 2. The van der Waals surface area contributed by atoms with Crippen molar-refractivity contribution in [2.45, 2.75) is 20.3 Å². The fourth-order valence-corrected chi connectivity index (χ4v) is 1.90. The summed E-state index contributed by atoms with van der Waals surface area (Å²) >= 11 is 0. The van der Waals surface area contributed by atoms with Gasteiger partial charge in [0, 0.05) is 0 Å². The summed E-state index contributed by atoms with van der Waals surface area (Å²) in [7, 11) is 0. The molecule has 0 radical (unpaired) electrons. The fourth-order valence-electron chi connectivity index (χ4n) is 1.90. The molecule has 104 valence electrons. The average molecular weight is 270 g/mol. The van der Waals surface area contributed by atoms with Gasteiger partial charge < -0.3 is 9.47 Å². The summed E-state index contributed by atoms with van der Waals surface area (Å²) in [5, 5.41) is 0. The van der Waals surface area contributed by atoms with Crippen LogP contribution in [0.5, 0.6) is 11.5 Å². The van der Waals surface area contributed by atoms with Crippen LogP contribution in [0, 0.1) is 6.92 Å². The van der Waals surface area contributed by atoms with Crippen LogP contribution in [0.15, 0.2) is 48.5 Å². The summed E-state index contributed by atoms with van der Waals surface area (Å²) in [5.41, 5.74) is 2.01. The molecule has 0 aliphatic carbocycles. The molecule has 0 aromatic heterocycles.